The lowest BCUT2D eigenvalue weighted by Gasteiger charge is -2.29. The Kier molecular flexibility index (Phi) is 6.17. The zero-order valence-electron chi connectivity index (χ0n) is 25.2. The van der Waals surface area contributed by atoms with E-state index in [2.05, 4.69) is 192 Å². The van der Waals surface area contributed by atoms with Gasteiger partial charge in [0, 0.05) is 33.5 Å². The molecule has 0 N–H and O–H groups in total. The Morgan fingerprint density at radius 3 is 0.826 bits per heavy atom. The number of rotatable bonds is 6. The molecule has 0 amide bonds. The van der Waals surface area contributed by atoms with E-state index in [1.54, 1.807) is 0 Å². The summed E-state index contributed by atoms with van der Waals surface area (Å²) in [5.41, 5.74) is 6.89. The molecule has 46 heavy (non-hydrogen) atoms. The van der Waals surface area contributed by atoms with Crippen LogP contribution in [0.5, 0.6) is 0 Å². The Balaban J connectivity index is 1.34. The molecule has 0 aliphatic rings. The molecule has 0 heterocycles. The minimum absolute atomic E-state index is 1.14. The summed E-state index contributed by atoms with van der Waals surface area (Å²) in [7, 11) is 0. The number of fused-ring (bicyclic) bond motifs is 2. The number of hydrogen-bond donors (Lipinski definition) is 0. The molecule has 9 aromatic rings. The van der Waals surface area contributed by atoms with E-state index >= 15 is 0 Å². The van der Waals surface area contributed by atoms with Gasteiger partial charge in [0.2, 0.25) is 0 Å². The van der Waals surface area contributed by atoms with Crippen LogP contribution in [0.2, 0.25) is 0 Å². The molecule has 2 nitrogen and oxygen atoms in total. The molecule has 0 bridgehead atoms. The molecular weight excluding hydrogens is 556 g/mol. The van der Waals surface area contributed by atoms with Crippen molar-refractivity contribution in [1.29, 1.82) is 0 Å². The molecule has 0 saturated carbocycles. The lowest BCUT2D eigenvalue weighted by molar-refractivity contribution is 1.30. The third-order valence-corrected chi connectivity index (χ3v) is 9.15. The summed E-state index contributed by atoms with van der Waals surface area (Å²) in [6.45, 7) is 0. The van der Waals surface area contributed by atoms with Crippen molar-refractivity contribution in [3.63, 3.8) is 0 Å². The molecule has 0 radical (unpaired) electrons. The number of nitrogens with zero attached hydrogens (tertiary/aromatic N) is 2. The first-order chi connectivity index (χ1) is 22.9. The highest BCUT2D eigenvalue weighted by Crippen LogP contribution is 2.48. The second kappa shape index (κ2) is 10.8. The minimum Gasteiger partial charge on any atom is -0.310 e. The van der Waals surface area contributed by atoms with Crippen molar-refractivity contribution in [2.45, 2.75) is 0 Å². The van der Waals surface area contributed by atoms with Crippen LogP contribution in [0.15, 0.2) is 182 Å². The highest BCUT2D eigenvalue weighted by Gasteiger charge is 2.22. The Morgan fingerprint density at radius 2 is 0.500 bits per heavy atom. The quantitative estimate of drug-likeness (QED) is 0.141. The van der Waals surface area contributed by atoms with E-state index < -0.39 is 0 Å². The number of hydrogen-bond acceptors (Lipinski definition) is 2. The van der Waals surface area contributed by atoms with Gasteiger partial charge in [0.25, 0.3) is 0 Å². The molecule has 0 aliphatic heterocycles. The van der Waals surface area contributed by atoms with Crippen LogP contribution in [0.3, 0.4) is 0 Å². The van der Waals surface area contributed by atoms with E-state index in [1.807, 2.05) is 0 Å². The second-order valence-electron chi connectivity index (χ2n) is 11.7. The third-order valence-electron chi connectivity index (χ3n) is 9.15. The minimum atomic E-state index is 1.14. The summed E-state index contributed by atoms with van der Waals surface area (Å²) in [6, 6.07) is 65.5. The lowest BCUT2D eigenvalue weighted by Crippen LogP contribution is -2.11. The molecule has 0 unspecified atom stereocenters. The highest BCUT2D eigenvalue weighted by atomic mass is 15.1. The summed E-state index contributed by atoms with van der Waals surface area (Å²) in [5, 5.41) is 10.2. The van der Waals surface area contributed by atoms with E-state index in [0.717, 1.165) is 22.7 Å². The molecule has 0 atom stereocenters. The summed E-state index contributed by atoms with van der Waals surface area (Å²) < 4.78 is 0. The van der Waals surface area contributed by atoms with E-state index in [4.69, 9.17) is 0 Å². The molecule has 9 aromatic carbocycles. The molecule has 0 fully saturated rings. The molecule has 2 heteroatoms. The topological polar surface area (TPSA) is 6.48 Å². The van der Waals surface area contributed by atoms with Crippen LogP contribution < -0.4 is 9.80 Å². The first kappa shape index (κ1) is 26.3. The lowest BCUT2D eigenvalue weighted by atomic mass is 9.88. The van der Waals surface area contributed by atoms with Gasteiger partial charge in [0.05, 0.1) is 11.4 Å². The average molecular weight is 587 g/mol. The molecule has 0 saturated heterocycles. The van der Waals surface area contributed by atoms with Crippen LogP contribution in [0.1, 0.15) is 0 Å². The van der Waals surface area contributed by atoms with Crippen LogP contribution in [-0.2, 0) is 0 Å². The third kappa shape index (κ3) is 4.12. The Bertz CT molecular complexity index is 2180. The van der Waals surface area contributed by atoms with Crippen molar-refractivity contribution in [2.24, 2.45) is 0 Å². The maximum absolute atomic E-state index is 2.37. The van der Waals surface area contributed by atoms with Crippen LogP contribution in [0.25, 0.3) is 43.1 Å². The Morgan fingerprint density at radius 1 is 0.217 bits per heavy atom. The molecule has 9 rings (SSSR count). The standard InChI is InChI=1S/C44H30N2/c1-5-15-31(16-6-1)45(32-17-7-2-8-18-32)41-29-27-37-36-24-14-26-40-42(30-28-38(44(36)40)35-23-13-25-39(41)43(35)37)46(33-19-9-3-10-20-33)34-21-11-4-12-22-34/h1-30H. The van der Waals surface area contributed by atoms with Gasteiger partial charge in [-0.2, -0.15) is 0 Å². The summed E-state index contributed by atoms with van der Waals surface area (Å²) in [4.78, 5) is 4.75. The maximum Gasteiger partial charge on any atom is 0.0540 e. The fraction of sp³-hybridized carbons (Fsp3) is 0. The van der Waals surface area contributed by atoms with E-state index in [0.29, 0.717) is 0 Å². The molecule has 0 aromatic heterocycles. The number of anilines is 6. The van der Waals surface area contributed by atoms with Gasteiger partial charge < -0.3 is 9.80 Å². The zero-order valence-corrected chi connectivity index (χ0v) is 25.2. The number of benzene rings is 9. The van der Waals surface area contributed by atoms with Gasteiger partial charge in [0.1, 0.15) is 0 Å². The van der Waals surface area contributed by atoms with E-state index in [1.165, 1.54) is 54.5 Å². The van der Waals surface area contributed by atoms with Crippen LogP contribution >= 0.6 is 0 Å². The first-order valence-corrected chi connectivity index (χ1v) is 15.8. The fourth-order valence-corrected chi connectivity index (χ4v) is 7.23. The smallest absolute Gasteiger partial charge is 0.0540 e. The van der Waals surface area contributed by atoms with Crippen molar-refractivity contribution >= 4 is 77.2 Å². The van der Waals surface area contributed by atoms with Gasteiger partial charge in [-0.05, 0) is 93.0 Å². The average Bonchev–Trinajstić information content (AvgIpc) is 3.13. The summed E-state index contributed by atoms with van der Waals surface area (Å²) >= 11 is 0. The highest BCUT2D eigenvalue weighted by molar-refractivity contribution is 6.35. The summed E-state index contributed by atoms with van der Waals surface area (Å²) in [5.74, 6) is 0. The zero-order chi connectivity index (χ0) is 30.5. The van der Waals surface area contributed by atoms with Gasteiger partial charge >= 0.3 is 0 Å². The number of para-hydroxylation sites is 4. The van der Waals surface area contributed by atoms with Crippen LogP contribution in [0, 0.1) is 0 Å². The van der Waals surface area contributed by atoms with E-state index in [9.17, 15) is 0 Å². The Hall–Kier alpha value is -6.12. The predicted octanol–water partition coefficient (Wildman–Crippen LogP) is 12.7. The Labute approximate surface area is 268 Å². The van der Waals surface area contributed by atoms with Crippen molar-refractivity contribution in [3.05, 3.63) is 182 Å². The van der Waals surface area contributed by atoms with Crippen molar-refractivity contribution in [2.75, 3.05) is 9.80 Å². The van der Waals surface area contributed by atoms with Crippen molar-refractivity contribution in [1.82, 2.24) is 0 Å². The predicted molar refractivity (Wildman–Crippen MR) is 197 cm³/mol. The molecule has 0 aliphatic carbocycles. The van der Waals surface area contributed by atoms with Gasteiger partial charge in [-0.15, -0.1) is 0 Å². The normalized spacial score (nSPS) is 11.5. The van der Waals surface area contributed by atoms with Gasteiger partial charge in [-0.1, -0.05) is 121 Å². The molecule has 216 valence electrons. The van der Waals surface area contributed by atoms with Gasteiger partial charge in [0.15, 0.2) is 0 Å². The monoisotopic (exact) mass is 586 g/mol. The summed E-state index contributed by atoms with van der Waals surface area (Å²) in [6.07, 6.45) is 0. The second-order valence-corrected chi connectivity index (χ2v) is 11.7. The van der Waals surface area contributed by atoms with Crippen molar-refractivity contribution in [3.8, 4) is 0 Å². The van der Waals surface area contributed by atoms with Crippen LogP contribution in [-0.4, -0.2) is 0 Å². The fourth-order valence-electron chi connectivity index (χ4n) is 7.23. The van der Waals surface area contributed by atoms with Gasteiger partial charge in [-0.3, -0.25) is 0 Å². The van der Waals surface area contributed by atoms with Gasteiger partial charge in [-0.25, -0.2) is 0 Å². The maximum atomic E-state index is 2.37. The van der Waals surface area contributed by atoms with E-state index in [-0.39, 0.29) is 0 Å². The molecule has 0 spiro atoms. The molecular formula is C44H30N2. The SMILES string of the molecule is c1ccc(N(c2ccccc2)c2ccc3c4cccc5c(N(c6ccccc6)c6ccccc6)ccc(c6cccc2c63)c54)cc1. The van der Waals surface area contributed by atoms with Crippen molar-refractivity contribution < 1.29 is 0 Å². The van der Waals surface area contributed by atoms with Crippen LogP contribution in [0.4, 0.5) is 34.1 Å². The largest absolute Gasteiger partial charge is 0.310 e. The first-order valence-electron chi connectivity index (χ1n) is 15.8.